The van der Waals surface area contributed by atoms with Crippen LogP contribution >= 0.6 is 0 Å². The van der Waals surface area contributed by atoms with Gasteiger partial charge in [0.05, 0.1) is 24.8 Å². The summed E-state index contributed by atoms with van der Waals surface area (Å²) in [6, 6.07) is 11.7. The number of hydrogen-bond acceptors (Lipinski definition) is 6. The molecule has 0 aliphatic carbocycles. The molecule has 1 fully saturated rings. The number of aliphatic imine (C=N–C) groups is 1. The quantitative estimate of drug-likeness (QED) is 0.399. The summed E-state index contributed by atoms with van der Waals surface area (Å²) in [4.78, 5) is 17.3. The van der Waals surface area contributed by atoms with Crippen molar-refractivity contribution < 1.29 is 36.6 Å². The minimum atomic E-state index is -4.54. The summed E-state index contributed by atoms with van der Waals surface area (Å²) in [7, 11) is -3.85. The minimum Gasteiger partial charge on any atom is -0.394 e. The van der Waals surface area contributed by atoms with Gasteiger partial charge in [-0.1, -0.05) is 24.3 Å². The second-order valence-corrected chi connectivity index (χ2v) is 11.7. The first-order valence-electron chi connectivity index (χ1n) is 12.6. The molecule has 0 saturated carbocycles. The molecular formula is C27H27F3N4O5S. The number of carbonyl (C=O) groups is 1. The van der Waals surface area contributed by atoms with Crippen molar-refractivity contribution in [2.45, 2.75) is 37.2 Å². The smallest absolute Gasteiger partial charge is 0.394 e. The van der Waals surface area contributed by atoms with E-state index in [0.717, 1.165) is 28.4 Å². The molecule has 1 unspecified atom stereocenters. The highest BCUT2D eigenvalue weighted by Crippen LogP contribution is 2.34. The van der Waals surface area contributed by atoms with Gasteiger partial charge in [0, 0.05) is 41.2 Å². The highest BCUT2D eigenvalue weighted by molar-refractivity contribution is 7.92. The molecule has 1 atom stereocenters. The molecule has 1 aromatic heterocycles. The maximum absolute atomic E-state index is 13.1. The van der Waals surface area contributed by atoms with Gasteiger partial charge < -0.3 is 20.1 Å². The topological polar surface area (TPSA) is 124 Å². The fraction of sp³-hybridized carbons (Fsp3) is 0.333. The van der Waals surface area contributed by atoms with E-state index in [0.29, 0.717) is 5.56 Å². The van der Waals surface area contributed by atoms with Gasteiger partial charge in [0.1, 0.15) is 11.4 Å². The van der Waals surface area contributed by atoms with Gasteiger partial charge in [0.2, 0.25) is 10.0 Å². The van der Waals surface area contributed by atoms with Gasteiger partial charge in [-0.05, 0) is 48.7 Å². The minimum absolute atomic E-state index is 0.0130. The molecule has 1 saturated heterocycles. The molecule has 3 N–H and O–H groups in total. The third-order valence-corrected chi connectivity index (χ3v) is 8.80. The second-order valence-electron chi connectivity index (χ2n) is 9.86. The number of carbonyl (C=O) groups excluding carboxylic acids is 1. The van der Waals surface area contributed by atoms with Crippen LogP contribution in [0.4, 0.5) is 13.2 Å². The molecule has 212 valence electrons. The Morgan fingerprint density at radius 2 is 1.85 bits per heavy atom. The van der Waals surface area contributed by atoms with E-state index in [1.807, 2.05) is 6.07 Å². The van der Waals surface area contributed by atoms with E-state index in [1.54, 1.807) is 29.0 Å². The lowest BCUT2D eigenvalue weighted by Gasteiger charge is -2.34. The molecule has 1 spiro atoms. The van der Waals surface area contributed by atoms with Crippen molar-refractivity contribution in [3.8, 4) is 0 Å². The summed E-state index contributed by atoms with van der Waals surface area (Å²) >= 11 is 0. The number of amides is 1. The Bertz CT molecular complexity index is 1610. The number of halogens is 3. The lowest BCUT2D eigenvalue weighted by Crippen LogP contribution is -2.50. The standard InChI is InChI=1S/C27H27F3N4O5S/c28-27(29,30)20-5-1-4-19(15-20)24-31-25(37)26(32-24)9-12-34(13-10-26)40(38,39)14-8-18-3-2-6-23-22(18)7-11-33(23)16-21(36)17-35/h1-8,11,14-15,21,35-36H,9-10,12-13,16-17H2,(H,31,32,37). The normalized spacial score (nSPS) is 18.9. The molecule has 0 bridgehead atoms. The number of aromatic nitrogens is 1. The highest BCUT2D eigenvalue weighted by Gasteiger charge is 2.47. The van der Waals surface area contributed by atoms with Crippen LogP contribution in [0.25, 0.3) is 17.0 Å². The number of aliphatic hydroxyl groups is 2. The zero-order valence-electron chi connectivity index (χ0n) is 21.2. The Hall–Kier alpha value is -3.52. The van der Waals surface area contributed by atoms with Crippen molar-refractivity contribution >= 4 is 38.7 Å². The van der Waals surface area contributed by atoms with E-state index < -0.39 is 39.3 Å². The molecule has 0 radical (unpaired) electrons. The molecule has 2 aliphatic rings. The van der Waals surface area contributed by atoms with E-state index in [-0.39, 0.29) is 50.5 Å². The van der Waals surface area contributed by atoms with E-state index >= 15 is 0 Å². The predicted molar refractivity (Wildman–Crippen MR) is 143 cm³/mol. The first-order chi connectivity index (χ1) is 18.9. The Kier molecular flexibility index (Phi) is 7.33. The number of aliphatic hydroxyl groups excluding tert-OH is 2. The van der Waals surface area contributed by atoms with E-state index in [1.165, 1.54) is 22.5 Å². The van der Waals surface area contributed by atoms with Crippen LogP contribution in [-0.4, -0.2) is 70.6 Å². The van der Waals surface area contributed by atoms with Crippen molar-refractivity contribution in [1.29, 1.82) is 0 Å². The largest absolute Gasteiger partial charge is 0.416 e. The summed E-state index contributed by atoms with van der Waals surface area (Å²) < 4.78 is 68.6. The summed E-state index contributed by atoms with van der Waals surface area (Å²) in [5, 5.41) is 23.4. The van der Waals surface area contributed by atoms with Crippen LogP contribution in [-0.2, 0) is 27.5 Å². The zero-order chi connectivity index (χ0) is 28.7. The fourth-order valence-electron chi connectivity index (χ4n) is 5.03. The number of sulfonamides is 1. The summed E-state index contributed by atoms with van der Waals surface area (Å²) in [5.74, 6) is -0.422. The summed E-state index contributed by atoms with van der Waals surface area (Å²) in [5.41, 5.74) is -0.545. The number of nitrogens with zero attached hydrogens (tertiary/aromatic N) is 3. The first-order valence-corrected chi connectivity index (χ1v) is 14.1. The number of alkyl halides is 3. The van der Waals surface area contributed by atoms with Crippen LogP contribution in [0.15, 0.2) is 65.1 Å². The molecule has 5 rings (SSSR count). The lowest BCUT2D eigenvalue weighted by molar-refractivity contribution is -0.137. The molecule has 2 aromatic carbocycles. The molecule has 3 aromatic rings. The number of benzene rings is 2. The zero-order valence-corrected chi connectivity index (χ0v) is 22.0. The number of piperidine rings is 1. The highest BCUT2D eigenvalue weighted by atomic mass is 32.2. The van der Waals surface area contributed by atoms with Crippen molar-refractivity contribution in [3.05, 3.63) is 76.8 Å². The SMILES string of the molecule is O=C1NC(c2cccc(C(F)(F)F)c2)=NC12CCN(S(=O)(=O)C=Cc1cccc3c1ccn3CC(O)CO)CC2. The van der Waals surface area contributed by atoms with Gasteiger partial charge in [-0.2, -0.15) is 17.5 Å². The maximum atomic E-state index is 13.1. The molecule has 1 amide bonds. The Balaban J connectivity index is 1.30. The number of fused-ring (bicyclic) bond motifs is 1. The van der Waals surface area contributed by atoms with Gasteiger partial charge in [0.25, 0.3) is 5.91 Å². The molecule has 9 nitrogen and oxygen atoms in total. The third kappa shape index (κ3) is 5.42. The van der Waals surface area contributed by atoms with Crippen LogP contribution in [0.5, 0.6) is 0 Å². The molecule has 40 heavy (non-hydrogen) atoms. The van der Waals surface area contributed by atoms with Gasteiger partial charge >= 0.3 is 6.18 Å². The van der Waals surface area contributed by atoms with E-state index in [4.69, 9.17) is 5.11 Å². The summed E-state index contributed by atoms with van der Waals surface area (Å²) in [6.45, 7) is -0.168. The Labute approximate surface area is 228 Å². The van der Waals surface area contributed by atoms with Gasteiger partial charge in [-0.25, -0.2) is 8.42 Å². The number of hydrogen-bond donors (Lipinski definition) is 3. The third-order valence-electron chi connectivity index (χ3n) is 7.24. The average Bonchev–Trinajstić information content (AvgIpc) is 3.48. The van der Waals surface area contributed by atoms with Crippen molar-refractivity contribution in [2.75, 3.05) is 19.7 Å². The van der Waals surface area contributed by atoms with E-state index in [2.05, 4.69) is 10.3 Å². The predicted octanol–water partition coefficient (Wildman–Crippen LogP) is 2.73. The Morgan fingerprint density at radius 1 is 1.12 bits per heavy atom. The van der Waals surface area contributed by atoms with Gasteiger partial charge in [0.15, 0.2) is 0 Å². The van der Waals surface area contributed by atoms with Crippen molar-refractivity contribution in [3.63, 3.8) is 0 Å². The number of rotatable bonds is 7. The van der Waals surface area contributed by atoms with E-state index in [9.17, 15) is 31.5 Å². The van der Waals surface area contributed by atoms with Gasteiger partial charge in [-0.15, -0.1) is 0 Å². The number of amidine groups is 1. The molecular weight excluding hydrogens is 549 g/mol. The molecule has 2 aliphatic heterocycles. The maximum Gasteiger partial charge on any atom is 0.416 e. The van der Waals surface area contributed by atoms with Gasteiger partial charge in [-0.3, -0.25) is 9.79 Å². The molecule has 13 heteroatoms. The Morgan fingerprint density at radius 3 is 2.55 bits per heavy atom. The van der Waals surface area contributed by atoms with Crippen molar-refractivity contribution in [2.24, 2.45) is 4.99 Å². The van der Waals surface area contributed by atoms with Crippen LogP contribution in [0.3, 0.4) is 0 Å². The summed E-state index contributed by atoms with van der Waals surface area (Å²) in [6.07, 6.45) is -2.06. The van der Waals surface area contributed by atoms with Crippen LogP contribution < -0.4 is 5.32 Å². The lowest BCUT2D eigenvalue weighted by atomic mass is 9.89. The monoisotopic (exact) mass is 576 g/mol. The fourth-order valence-corrected chi connectivity index (χ4v) is 6.21. The molecule has 3 heterocycles. The number of nitrogens with one attached hydrogen (secondary N) is 1. The second kappa shape index (κ2) is 10.5. The average molecular weight is 577 g/mol. The van der Waals surface area contributed by atoms with Crippen LogP contribution in [0, 0.1) is 0 Å². The first kappa shape index (κ1) is 28.0. The van der Waals surface area contributed by atoms with Crippen molar-refractivity contribution in [1.82, 2.24) is 14.2 Å². The van der Waals surface area contributed by atoms with Crippen LogP contribution in [0.1, 0.15) is 29.5 Å². The van der Waals surface area contributed by atoms with Crippen LogP contribution in [0.2, 0.25) is 0 Å².